The van der Waals surface area contributed by atoms with Gasteiger partial charge in [-0.05, 0) is 28.3 Å². The van der Waals surface area contributed by atoms with Crippen molar-refractivity contribution in [1.29, 1.82) is 0 Å². The molecule has 0 aliphatic rings. The molecule has 0 aromatic carbocycles. The van der Waals surface area contributed by atoms with Crippen LogP contribution in [0.1, 0.15) is 47.9 Å². The lowest BCUT2D eigenvalue weighted by atomic mass is 10.1. The number of rotatable bonds is 4. The van der Waals surface area contributed by atoms with E-state index in [0.717, 1.165) is 17.1 Å². The van der Waals surface area contributed by atoms with Crippen LogP contribution >= 0.6 is 27.3 Å². The number of H-pyrrole nitrogens is 1. The Bertz CT molecular complexity index is 592. The Balaban J connectivity index is 2.16. The van der Waals surface area contributed by atoms with Gasteiger partial charge in [-0.2, -0.15) is 5.10 Å². The van der Waals surface area contributed by atoms with Crippen molar-refractivity contribution in [3.63, 3.8) is 0 Å². The Kier molecular flexibility index (Phi) is 4.31. The molecule has 2 heterocycles. The van der Waals surface area contributed by atoms with E-state index in [4.69, 9.17) is 0 Å². The Labute approximate surface area is 123 Å². The summed E-state index contributed by atoms with van der Waals surface area (Å²) in [5.41, 5.74) is 1.23. The fourth-order valence-electron chi connectivity index (χ4n) is 1.48. The molecule has 0 radical (unpaired) electrons. The van der Waals surface area contributed by atoms with Crippen LogP contribution in [0.2, 0.25) is 0 Å². The normalized spacial score (nSPS) is 11.0. The molecule has 6 nitrogen and oxygen atoms in total. The summed E-state index contributed by atoms with van der Waals surface area (Å²) in [7, 11) is 0. The highest BCUT2D eigenvalue weighted by Gasteiger charge is 2.20. The predicted octanol–water partition coefficient (Wildman–Crippen LogP) is 2.96. The highest BCUT2D eigenvalue weighted by molar-refractivity contribution is 9.10. The van der Waals surface area contributed by atoms with Crippen molar-refractivity contribution in [3.8, 4) is 0 Å². The summed E-state index contributed by atoms with van der Waals surface area (Å²) in [6, 6.07) is 0. The number of carbonyl (C=O) groups is 1. The molecule has 1 amide bonds. The number of aromatic amines is 1. The quantitative estimate of drug-likeness (QED) is 0.893. The fraction of sp³-hybridized carbons (Fsp3) is 0.455. The zero-order valence-corrected chi connectivity index (χ0v) is 13.2. The van der Waals surface area contributed by atoms with E-state index in [2.05, 4.69) is 41.6 Å². The minimum absolute atomic E-state index is 0.261. The molecule has 0 atom stereocenters. The van der Waals surface area contributed by atoms with E-state index in [9.17, 15) is 4.79 Å². The summed E-state index contributed by atoms with van der Waals surface area (Å²) in [4.78, 5) is 12.1. The van der Waals surface area contributed by atoms with Gasteiger partial charge in [-0.3, -0.25) is 15.2 Å². The van der Waals surface area contributed by atoms with E-state index >= 15 is 0 Å². The van der Waals surface area contributed by atoms with Crippen LogP contribution < -0.4 is 5.32 Å². The van der Waals surface area contributed by atoms with Gasteiger partial charge in [0.2, 0.25) is 5.13 Å². The van der Waals surface area contributed by atoms with Crippen LogP contribution in [0.3, 0.4) is 0 Å². The summed E-state index contributed by atoms with van der Waals surface area (Å²) in [5.74, 6) is -0.0366. The van der Waals surface area contributed by atoms with Crippen molar-refractivity contribution < 1.29 is 4.79 Å². The Hall–Kier alpha value is -1.28. The minimum Gasteiger partial charge on any atom is -0.295 e. The van der Waals surface area contributed by atoms with Crippen molar-refractivity contribution in [2.45, 2.75) is 33.1 Å². The lowest BCUT2D eigenvalue weighted by Gasteiger charge is -2.01. The van der Waals surface area contributed by atoms with Gasteiger partial charge in [0.05, 0.1) is 10.2 Å². The molecule has 0 saturated heterocycles. The number of hydrogen-bond acceptors (Lipinski definition) is 5. The van der Waals surface area contributed by atoms with Crippen LogP contribution in [-0.4, -0.2) is 26.3 Å². The zero-order chi connectivity index (χ0) is 14.0. The maximum atomic E-state index is 12.1. The molecule has 8 heteroatoms. The van der Waals surface area contributed by atoms with Crippen LogP contribution in [0, 0.1) is 0 Å². The van der Waals surface area contributed by atoms with E-state index < -0.39 is 0 Å². The van der Waals surface area contributed by atoms with Crippen LogP contribution in [0.4, 0.5) is 5.13 Å². The lowest BCUT2D eigenvalue weighted by molar-refractivity contribution is 0.102. The summed E-state index contributed by atoms with van der Waals surface area (Å²) in [6.45, 7) is 6.04. The van der Waals surface area contributed by atoms with Crippen molar-refractivity contribution in [1.82, 2.24) is 20.4 Å². The maximum Gasteiger partial charge on any atom is 0.279 e. The molecule has 2 N–H and O–H groups in total. The SMILES string of the molecule is CCc1nnc(NC(=O)c2n[nH]c(C(C)C)c2Br)s1. The summed E-state index contributed by atoms with van der Waals surface area (Å²) in [6.07, 6.45) is 0.803. The van der Waals surface area contributed by atoms with Crippen LogP contribution in [-0.2, 0) is 6.42 Å². The second kappa shape index (κ2) is 5.79. The Morgan fingerprint density at radius 1 is 1.47 bits per heavy atom. The third-order valence-corrected chi connectivity index (χ3v) is 4.30. The Morgan fingerprint density at radius 3 is 2.74 bits per heavy atom. The van der Waals surface area contributed by atoms with Crippen LogP contribution in [0.15, 0.2) is 4.47 Å². The second-order valence-corrected chi connectivity index (χ2v) is 6.12. The zero-order valence-electron chi connectivity index (χ0n) is 10.8. The molecule has 0 fully saturated rings. The van der Waals surface area contributed by atoms with Crippen molar-refractivity contribution >= 4 is 38.3 Å². The fourth-order valence-corrected chi connectivity index (χ4v) is 2.97. The second-order valence-electron chi connectivity index (χ2n) is 4.26. The molecule has 102 valence electrons. The summed E-state index contributed by atoms with van der Waals surface area (Å²) >= 11 is 4.76. The number of hydrogen-bond donors (Lipinski definition) is 2. The number of nitrogens with zero attached hydrogens (tertiary/aromatic N) is 3. The lowest BCUT2D eigenvalue weighted by Crippen LogP contribution is -2.12. The van der Waals surface area contributed by atoms with Crippen LogP contribution in [0.5, 0.6) is 0 Å². The van der Waals surface area contributed by atoms with Gasteiger partial charge in [0, 0.05) is 0 Å². The first-order chi connectivity index (χ1) is 9.02. The molecule has 19 heavy (non-hydrogen) atoms. The molecule has 0 saturated carbocycles. The highest BCUT2D eigenvalue weighted by Crippen LogP contribution is 2.26. The third kappa shape index (κ3) is 3.01. The minimum atomic E-state index is -0.297. The average molecular weight is 344 g/mol. The summed E-state index contributed by atoms with van der Waals surface area (Å²) in [5, 5.41) is 18.8. The first kappa shape index (κ1) is 14.1. The van der Waals surface area contributed by atoms with Gasteiger partial charge in [0.1, 0.15) is 5.01 Å². The number of carbonyl (C=O) groups excluding carboxylic acids is 1. The van der Waals surface area contributed by atoms with Gasteiger partial charge in [-0.15, -0.1) is 10.2 Å². The molecule has 0 aliphatic heterocycles. The topological polar surface area (TPSA) is 83.6 Å². The van der Waals surface area contributed by atoms with Gasteiger partial charge in [-0.1, -0.05) is 32.1 Å². The number of amides is 1. The molecule has 0 bridgehead atoms. The van der Waals surface area contributed by atoms with Gasteiger partial charge in [0.25, 0.3) is 5.91 Å². The number of anilines is 1. The largest absolute Gasteiger partial charge is 0.295 e. The molecule has 0 unspecified atom stereocenters. The van der Waals surface area contributed by atoms with E-state index in [0.29, 0.717) is 15.3 Å². The number of aryl methyl sites for hydroxylation is 1. The number of aromatic nitrogens is 4. The summed E-state index contributed by atoms with van der Waals surface area (Å²) < 4.78 is 0.695. The third-order valence-electron chi connectivity index (χ3n) is 2.51. The van der Waals surface area contributed by atoms with Crippen molar-refractivity contribution in [2.24, 2.45) is 0 Å². The van der Waals surface area contributed by atoms with E-state index in [1.54, 1.807) is 0 Å². The van der Waals surface area contributed by atoms with Gasteiger partial charge >= 0.3 is 0 Å². The molecule has 2 rings (SSSR count). The molecule has 2 aromatic heterocycles. The monoisotopic (exact) mass is 343 g/mol. The standard InChI is InChI=1S/C11H14BrN5OS/c1-4-6-14-17-11(19-6)13-10(18)9-7(12)8(5(2)3)15-16-9/h5H,4H2,1-3H3,(H,15,16)(H,13,17,18). The van der Waals surface area contributed by atoms with Gasteiger partial charge < -0.3 is 0 Å². The first-order valence-electron chi connectivity index (χ1n) is 5.90. The Morgan fingerprint density at radius 2 is 2.21 bits per heavy atom. The number of halogens is 1. The molecule has 2 aromatic rings. The van der Waals surface area contributed by atoms with Gasteiger partial charge in [0.15, 0.2) is 5.69 Å². The molecular weight excluding hydrogens is 330 g/mol. The number of nitrogens with one attached hydrogen (secondary N) is 2. The van der Waals surface area contributed by atoms with E-state index in [1.165, 1.54) is 11.3 Å². The van der Waals surface area contributed by atoms with Crippen molar-refractivity contribution in [3.05, 3.63) is 20.9 Å². The van der Waals surface area contributed by atoms with Crippen LogP contribution in [0.25, 0.3) is 0 Å². The average Bonchev–Trinajstić information content (AvgIpc) is 2.95. The maximum absolute atomic E-state index is 12.1. The van der Waals surface area contributed by atoms with E-state index in [-0.39, 0.29) is 11.8 Å². The molecule has 0 aliphatic carbocycles. The van der Waals surface area contributed by atoms with Crippen molar-refractivity contribution in [2.75, 3.05) is 5.32 Å². The first-order valence-corrected chi connectivity index (χ1v) is 7.51. The smallest absolute Gasteiger partial charge is 0.279 e. The van der Waals surface area contributed by atoms with E-state index in [1.807, 2.05) is 20.8 Å². The molecular formula is C11H14BrN5OS. The predicted molar refractivity (Wildman–Crippen MR) is 77.6 cm³/mol. The molecule has 0 spiro atoms. The highest BCUT2D eigenvalue weighted by atomic mass is 79.9. The van der Waals surface area contributed by atoms with Gasteiger partial charge in [-0.25, -0.2) is 0 Å².